The van der Waals surface area contributed by atoms with Crippen molar-refractivity contribution >= 4 is 21.6 Å². The molecule has 4 rings (SSSR count). The fourth-order valence-corrected chi connectivity index (χ4v) is 3.99. The van der Waals surface area contributed by atoms with Gasteiger partial charge in [-0.25, -0.2) is 4.98 Å². The highest BCUT2D eigenvalue weighted by atomic mass is 32.1. The number of para-hydroxylation sites is 1. The molecule has 0 bridgehead atoms. The number of nitrogens with zero attached hydrogens (tertiary/aromatic N) is 1. The third-order valence-electron chi connectivity index (χ3n) is 4.19. The van der Waals surface area contributed by atoms with E-state index >= 15 is 0 Å². The minimum absolute atomic E-state index is 0.183. The summed E-state index contributed by atoms with van der Waals surface area (Å²) < 4.78 is 7.24. The van der Waals surface area contributed by atoms with Crippen molar-refractivity contribution in [2.24, 2.45) is 0 Å². The molecule has 1 aromatic carbocycles. The number of aromatic nitrogens is 1. The van der Waals surface area contributed by atoms with E-state index in [0.717, 1.165) is 35.0 Å². The van der Waals surface area contributed by atoms with E-state index < -0.39 is 0 Å². The molecule has 108 valence electrons. The summed E-state index contributed by atoms with van der Waals surface area (Å²) in [6.45, 7) is 3.39. The average molecular weight is 298 g/mol. The molecule has 1 aliphatic rings. The Balaban J connectivity index is 1.61. The topological polar surface area (TPSA) is 38.1 Å². The van der Waals surface area contributed by atoms with Gasteiger partial charge in [-0.1, -0.05) is 12.1 Å². The molecule has 1 fully saturated rings. The number of benzene rings is 1. The van der Waals surface area contributed by atoms with Crippen molar-refractivity contribution in [1.29, 1.82) is 0 Å². The van der Waals surface area contributed by atoms with Gasteiger partial charge in [-0.15, -0.1) is 11.3 Å². The molecule has 1 atom stereocenters. The van der Waals surface area contributed by atoms with E-state index in [-0.39, 0.29) is 5.54 Å². The molecule has 0 amide bonds. The van der Waals surface area contributed by atoms with Crippen molar-refractivity contribution < 1.29 is 4.42 Å². The first-order valence-corrected chi connectivity index (χ1v) is 8.23. The minimum Gasteiger partial charge on any atom is -0.458 e. The molecule has 0 saturated carbocycles. The first-order valence-electron chi connectivity index (χ1n) is 7.42. The van der Waals surface area contributed by atoms with Crippen molar-refractivity contribution in [3.05, 3.63) is 42.2 Å². The van der Waals surface area contributed by atoms with Crippen LogP contribution < -0.4 is 5.32 Å². The van der Waals surface area contributed by atoms with Gasteiger partial charge in [-0.05, 0) is 50.6 Å². The zero-order valence-electron chi connectivity index (χ0n) is 12.1. The Morgan fingerprint density at radius 3 is 3.00 bits per heavy atom. The van der Waals surface area contributed by atoms with E-state index in [2.05, 4.69) is 29.4 Å². The molecule has 1 aliphatic heterocycles. The van der Waals surface area contributed by atoms with Crippen molar-refractivity contribution in [1.82, 2.24) is 10.3 Å². The summed E-state index contributed by atoms with van der Waals surface area (Å²) in [7, 11) is 0. The molecule has 0 radical (unpaired) electrons. The minimum atomic E-state index is 0.183. The fraction of sp³-hybridized carbons (Fsp3) is 0.353. The van der Waals surface area contributed by atoms with E-state index in [0.29, 0.717) is 0 Å². The molecular weight excluding hydrogens is 280 g/mol. The van der Waals surface area contributed by atoms with E-state index in [1.54, 1.807) is 11.3 Å². The lowest BCUT2D eigenvalue weighted by Crippen LogP contribution is -2.38. The fourth-order valence-electron chi connectivity index (χ4n) is 3.06. The Bertz CT molecular complexity index is 735. The van der Waals surface area contributed by atoms with Crippen LogP contribution in [0.5, 0.6) is 0 Å². The maximum Gasteiger partial charge on any atom is 0.162 e. The summed E-state index contributed by atoms with van der Waals surface area (Å²) in [6.07, 6.45) is 3.41. The third kappa shape index (κ3) is 2.49. The van der Waals surface area contributed by atoms with E-state index in [1.165, 1.54) is 17.5 Å². The number of hydrogen-bond acceptors (Lipinski definition) is 4. The predicted molar refractivity (Wildman–Crippen MR) is 86.7 cm³/mol. The predicted octanol–water partition coefficient (Wildman–Crippen LogP) is 4.24. The lowest BCUT2D eigenvalue weighted by molar-refractivity contribution is 0.372. The van der Waals surface area contributed by atoms with E-state index in [9.17, 15) is 0 Å². The molecule has 3 aromatic rings. The number of thiazole rings is 1. The van der Waals surface area contributed by atoms with Crippen LogP contribution in [0.15, 0.2) is 40.8 Å². The second-order valence-electron chi connectivity index (χ2n) is 6.02. The number of furan rings is 1. The van der Waals surface area contributed by atoms with Crippen LogP contribution in [-0.4, -0.2) is 17.1 Å². The maximum absolute atomic E-state index is 6.03. The van der Waals surface area contributed by atoms with Crippen LogP contribution in [0.1, 0.15) is 25.5 Å². The van der Waals surface area contributed by atoms with Crippen LogP contribution >= 0.6 is 11.3 Å². The van der Waals surface area contributed by atoms with Crippen molar-refractivity contribution in [3.63, 3.8) is 0 Å². The molecule has 4 heteroatoms. The Labute approximate surface area is 128 Å². The number of nitrogens with one attached hydrogen (secondary N) is 1. The lowest BCUT2D eigenvalue weighted by atomic mass is 9.95. The zero-order valence-corrected chi connectivity index (χ0v) is 12.9. The Kier molecular flexibility index (Phi) is 3.08. The second-order valence-corrected chi connectivity index (χ2v) is 7.05. The molecule has 1 unspecified atom stereocenters. The molecule has 3 nitrogen and oxygen atoms in total. The van der Waals surface area contributed by atoms with Gasteiger partial charge >= 0.3 is 0 Å². The van der Waals surface area contributed by atoms with Gasteiger partial charge in [0, 0.05) is 12.0 Å². The summed E-state index contributed by atoms with van der Waals surface area (Å²) >= 11 is 1.69. The second kappa shape index (κ2) is 4.97. The van der Waals surface area contributed by atoms with Crippen molar-refractivity contribution in [2.75, 3.05) is 6.54 Å². The first-order chi connectivity index (χ1) is 10.2. The average Bonchev–Trinajstić information content (AvgIpc) is 3.17. The normalized spacial score (nSPS) is 22.1. The quantitative estimate of drug-likeness (QED) is 0.786. The van der Waals surface area contributed by atoms with Gasteiger partial charge in [0.1, 0.15) is 5.76 Å². The molecule has 1 N–H and O–H groups in total. The monoisotopic (exact) mass is 298 g/mol. The van der Waals surface area contributed by atoms with Crippen molar-refractivity contribution in [3.8, 4) is 10.8 Å². The van der Waals surface area contributed by atoms with Gasteiger partial charge < -0.3 is 9.73 Å². The molecule has 21 heavy (non-hydrogen) atoms. The number of hydrogen-bond donors (Lipinski definition) is 1. The SMILES string of the molecule is CC1(Cc2ccc(-c3nc4ccccc4s3)o2)CCCN1. The summed E-state index contributed by atoms with van der Waals surface area (Å²) in [5.74, 6) is 1.92. The lowest BCUT2D eigenvalue weighted by Gasteiger charge is -2.22. The highest BCUT2D eigenvalue weighted by Gasteiger charge is 2.29. The van der Waals surface area contributed by atoms with Crippen LogP contribution in [0.4, 0.5) is 0 Å². The summed E-state index contributed by atoms with van der Waals surface area (Å²) in [4.78, 5) is 4.65. The highest BCUT2D eigenvalue weighted by molar-refractivity contribution is 7.21. The Morgan fingerprint density at radius 1 is 1.29 bits per heavy atom. The third-order valence-corrected chi connectivity index (χ3v) is 5.24. The summed E-state index contributed by atoms with van der Waals surface area (Å²) in [6, 6.07) is 12.3. The summed E-state index contributed by atoms with van der Waals surface area (Å²) in [5.41, 5.74) is 1.22. The first kappa shape index (κ1) is 13.0. The number of fused-ring (bicyclic) bond motifs is 1. The van der Waals surface area contributed by atoms with E-state index in [4.69, 9.17) is 4.42 Å². The standard InChI is InChI=1S/C17H18N2OS/c1-17(9-4-10-18-17)11-12-7-8-14(20-12)16-19-13-5-2-3-6-15(13)21-16/h2-3,5-8,18H,4,9-11H2,1H3. The highest BCUT2D eigenvalue weighted by Crippen LogP contribution is 2.32. The molecule has 0 aliphatic carbocycles. The zero-order chi connectivity index (χ0) is 14.3. The van der Waals surface area contributed by atoms with Gasteiger partial charge in [-0.3, -0.25) is 0 Å². The van der Waals surface area contributed by atoms with E-state index in [1.807, 2.05) is 24.3 Å². The van der Waals surface area contributed by atoms with Gasteiger partial charge in [0.15, 0.2) is 10.8 Å². The number of rotatable bonds is 3. The Hall–Kier alpha value is -1.65. The molecule has 1 saturated heterocycles. The van der Waals surface area contributed by atoms with Crippen molar-refractivity contribution in [2.45, 2.75) is 31.7 Å². The van der Waals surface area contributed by atoms with Gasteiger partial charge in [0.25, 0.3) is 0 Å². The Morgan fingerprint density at radius 2 is 2.19 bits per heavy atom. The van der Waals surface area contributed by atoms with Crippen LogP contribution in [0.3, 0.4) is 0 Å². The molecule has 2 aromatic heterocycles. The van der Waals surface area contributed by atoms with Crippen LogP contribution in [0.25, 0.3) is 21.0 Å². The van der Waals surface area contributed by atoms with Crippen LogP contribution in [0, 0.1) is 0 Å². The van der Waals surface area contributed by atoms with Gasteiger partial charge in [-0.2, -0.15) is 0 Å². The van der Waals surface area contributed by atoms with Gasteiger partial charge in [0.2, 0.25) is 0 Å². The maximum atomic E-state index is 6.03. The molecular formula is C17H18N2OS. The smallest absolute Gasteiger partial charge is 0.162 e. The summed E-state index contributed by atoms with van der Waals surface area (Å²) in [5, 5.41) is 4.54. The van der Waals surface area contributed by atoms with Crippen LogP contribution in [0.2, 0.25) is 0 Å². The largest absolute Gasteiger partial charge is 0.458 e. The molecule has 0 spiro atoms. The van der Waals surface area contributed by atoms with Gasteiger partial charge in [0.05, 0.1) is 10.2 Å². The van der Waals surface area contributed by atoms with Crippen LogP contribution in [-0.2, 0) is 6.42 Å². The molecule has 3 heterocycles.